The summed E-state index contributed by atoms with van der Waals surface area (Å²) in [4.78, 5) is 42.2. The van der Waals surface area contributed by atoms with E-state index < -0.39 is 37.6 Å². The number of benzene rings is 2. The van der Waals surface area contributed by atoms with Gasteiger partial charge in [0.15, 0.2) is 0 Å². The number of nitro groups is 3. The molecule has 156 valence electrons. The fraction of sp³-hybridized carbons (Fsp3) is 0.167. The molecular weight excluding hydrogens is 400 g/mol. The zero-order chi connectivity index (χ0) is 22.6. The van der Waals surface area contributed by atoms with Crippen molar-refractivity contribution in [2.24, 2.45) is 0 Å². The fourth-order valence-corrected chi connectivity index (χ4v) is 2.84. The molecule has 0 spiro atoms. The number of phenolic OH excluding ortho intramolecular Hbond substituents is 1. The van der Waals surface area contributed by atoms with Gasteiger partial charge in [-0.3, -0.25) is 35.1 Å². The molecule has 0 aliphatic heterocycles. The van der Waals surface area contributed by atoms with Crippen molar-refractivity contribution in [2.75, 3.05) is 0 Å². The van der Waals surface area contributed by atoms with E-state index in [9.17, 15) is 35.1 Å². The van der Waals surface area contributed by atoms with Crippen LogP contribution in [0.15, 0.2) is 41.2 Å². The number of phenols is 1. The molecule has 0 saturated heterocycles. The Morgan fingerprint density at radius 2 is 1.50 bits per heavy atom. The van der Waals surface area contributed by atoms with Crippen molar-refractivity contribution in [2.45, 2.75) is 20.3 Å². The molecular formula is C18H16N4O8. The monoisotopic (exact) mass is 416 g/mol. The third kappa shape index (κ3) is 4.38. The van der Waals surface area contributed by atoms with Gasteiger partial charge in [0.2, 0.25) is 0 Å². The fourth-order valence-electron chi connectivity index (χ4n) is 2.84. The average Bonchev–Trinajstić information content (AvgIpc) is 2.69. The molecule has 0 aliphatic rings. The second kappa shape index (κ2) is 8.77. The molecule has 3 aromatic rings. The van der Waals surface area contributed by atoms with Crippen LogP contribution in [0.4, 0.5) is 17.1 Å². The highest BCUT2D eigenvalue weighted by atomic mass is 16.6. The minimum Gasteiger partial charge on any atom is -0.497 e. The Bertz CT molecular complexity index is 1180. The molecule has 30 heavy (non-hydrogen) atoms. The second-order valence-corrected chi connectivity index (χ2v) is 6.06. The van der Waals surface area contributed by atoms with Crippen molar-refractivity contribution in [1.82, 2.24) is 4.98 Å². The molecule has 0 bridgehead atoms. The molecule has 2 N–H and O–H groups in total. The highest BCUT2D eigenvalue weighted by molar-refractivity contribution is 5.82. The molecule has 0 amide bonds. The second-order valence-electron chi connectivity index (χ2n) is 6.06. The number of para-hydroxylation sites is 1. The van der Waals surface area contributed by atoms with E-state index in [4.69, 9.17) is 5.11 Å². The SMILES string of the molecule is CCc1c(C)c(=O)[nH]c2ccccc12.O=[N+]([O-])c1cc([N+](=O)[O-])c(O)c([N+](=O)[O-])c1. The molecule has 0 fully saturated rings. The van der Waals surface area contributed by atoms with Gasteiger partial charge in [-0.05, 0) is 25.0 Å². The van der Waals surface area contributed by atoms with Crippen molar-refractivity contribution in [3.8, 4) is 5.75 Å². The third-order valence-corrected chi connectivity index (χ3v) is 4.31. The molecule has 3 rings (SSSR count). The zero-order valence-corrected chi connectivity index (χ0v) is 15.8. The summed E-state index contributed by atoms with van der Waals surface area (Å²) in [6.07, 6.45) is 0.899. The topological polar surface area (TPSA) is 183 Å². The van der Waals surface area contributed by atoms with Crippen LogP contribution in [0.5, 0.6) is 5.75 Å². The molecule has 12 heteroatoms. The molecule has 0 atom stereocenters. The maximum atomic E-state index is 11.6. The lowest BCUT2D eigenvalue weighted by molar-refractivity contribution is -0.404. The van der Waals surface area contributed by atoms with Crippen molar-refractivity contribution in [1.29, 1.82) is 0 Å². The number of hydrogen-bond donors (Lipinski definition) is 2. The summed E-state index contributed by atoms with van der Waals surface area (Å²) in [6.45, 7) is 3.96. The van der Waals surface area contributed by atoms with Crippen LogP contribution in [0.1, 0.15) is 18.1 Å². The number of rotatable bonds is 4. The van der Waals surface area contributed by atoms with Crippen molar-refractivity contribution in [3.63, 3.8) is 0 Å². The number of nitrogens with one attached hydrogen (secondary N) is 1. The van der Waals surface area contributed by atoms with Gasteiger partial charge < -0.3 is 10.1 Å². The van der Waals surface area contributed by atoms with E-state index >= 15 is 0 Å². The Morgan fingerprint density at radius 1 is 0.967 bits per heavy atom. The number of aryl methyl sites for hydroxylation is 1. The molecule has 0 saturated carbocycles. The highest BCUT2D eigenvalue weighted by Gasteiger charge is 2.30. The van der Waals surface area contributed by atoms with Crippen LogP contribution in [0.3, 0.4) is 0 Å². The zero-order valence-electron chi connectivity index (χ0n) is 15.8. The van der Waals surface area contributed by atoms with Crippen molar-refractivity contribution in [3.05, 3.63) is 88.2 Å². The average molecular weight is 416 g/mol. The summed E-state index contributed by atoms with van der Waals surface area (Å²) >= 11 is 0. The molecule has 0 unspecified atom stereocenters. The van der Waals surface area contributed by atoms with Gasteiger partial charge >= 0.3 is 11.4 Å². The number of aromatic amines is 1. The van der Waals surface area contributed by atoms with E-state index in [1.165, 1.54) is 0 Å². The van der Waals surface area contributed by atoms with Crippen LogP contribution in [-0.2, 0) is 6.42 Å². The molecule has 12 nitrogen and oxygen atoms in total. The first-order valence-corrected chi connectivity index (χ1v) is 8.49. The van der Waals surface area contributed by atoms with Crippen LogP contribution in [0.2, 0.25) is 0 Å². The van der Waals surface area contributed by atoms with Crippen LogP contribution in [-0.4, -0.2) is 24.9 Å². The van der Waals surface area contributed by atoms with Crippen LogP contribution in [0.25, 0.3) is 10.9 Å². The summed E-state index contributed by atoms with van der Waals surface area (Å²) in [6, 6.07) is 8.82. The quantitative estimate of drug-likeness (QED) is 0.478. The predicted molar refractivity (Wildman–Crippen MR) is 107 cm³/mol. The first-order valence-electron chi connectivity index (χ1n) is 8.49. The summed E-state index contributed by atoms with van der Waals surface area (Å²) in [5.74, 6) is -1.21. The Hall–Kier alpha value is -4.35. The van der Waals surface area contributed by atoms with Crippen molar-refractivity contribution < 1.29 is 19.9 Å². The molecule has 1 aromatic heterocycles. The molecule has 0 radical (unpaired) electrons. The standard InChI is InChI=1S/C12H13NO.C6H3N3O7/c1-3-9-8(2)12(14)13-11-7-5-4-6-10(9)11;10-6-4(8(13)14)1-3(7(11)12)2-5(6)9(15)16/h4-7H,3H2,1-2H3,(H,13,14);1-2,10H. The number of fused-ring (bicyclic) bond motifs is 1. The first kappa shape index (κ1) is 21.9. The summed E-state index contributed by atoms with van der Waals surface area (Å²) in [7, 11) is 0. The minimum absolute atomic E-state index is 0.0283. The summed E-state index contributed by atoms with van der Waals surface area (Å²) in [5, 5.41) is 41.4. The number of pyridine rings is 1. The number of hydrogen-bond acceptors (Lipinski definition) is 8. The number of nitro benzene ring substituents is 3. The Balaban J connectivity index is 0.000000215. The van der Waals surface area contributed by atoms with Gasteiger partial charge in [0.25, 0.3) is 17.0 Å². The summed E-state index contributed by atoms with van der Waals surface area (Å²) < 4.78 is 0. The Labute approximate surface area is 167 Å². The van der Waals surface area contributed by atoms with E-state index in [0.29, 0.717) is 12.1 Å². The number of aromatic nitrogens is 1. The van der Waals surface area contributed by atoms with E-state index in [1.807, 2.05) is 25.1 Å². The predicted octanol–water partition coefficient (Wildman–Crippen LogP) is 3.52. The molecule has 1 heterocycles. The Kier molecular flexibility index (Phi) is 6.42. The van der Waals surface area contributed by atoms with Crippen molar-refractivity contribution >= 4 is 28.0 Å². The van der Waals surface area contributed by atoms with Gasteiger partial charge in [-0.1, -0.05) is 25.1 Å². The number of aromatic hydroxyl groups is 1. The smallest absolute Gasteiger partial charge is 0.324 e. The number of H-pyrrole nitrogens is 1. The lowest BCUT2D eigenvalue weighted by atomic mass is 10.0. The van der Waals surface area contributed by atoms with Crippen LogP contribution in [0, 0.1) is 37.3 Å². The van der Waals surface area contributed by atoms with E-state index in [0.717, 1.165) is 28.5 Å². The normalized spacial score (nSPS) is 10.2. The van der Waals surface area contributed by atoms with Gasteiger partial charge in [-0.15, -0.1) is 0 Å². The largest absolute Gasteiger partial charge is 0.497 e. The van der Waals surface area contributed by atoms with Gasteiger partial charge in [-0.25, -0.2) is 0 Å². The van der Waals surface area contributed by atoms with Gasteiger partial charge in [0.1, 0.15) is 0 Å². The first-order chi connectivity index (χ1) is 14.1. The highest BCUT2D eigenvalue weighted by Crippen LogP contribution is 2.38. The number of nitrogens with zero attached hydrogens (tertiary/aromatic N) is 3. The maximum Gasteiger partial charge on any atom is 0.324 e. The van der Waals surface area contributed by atoms with E-state index in [2.05, 4.69) is 18.0 Å². The maximum absolute atomic E-state index is 11.6. The third-order valence-electron chi connectivity index (χ3n) is 4.31. The Morgan fingerprint density at radius 3 is 1.97 bits per heavy atom. The minimum atomic E-state index is -1.21. The van der Waals surface area contributed by atoms with Crippen LogP contribution < -0.4 is 5.56 Å². The lowest BCUT2D eigenvalue weighted by Gasteiger charge is -2.06. The molecule has 2 aromatic carbocycles. The van der Waals surface area contributed by atoms with Gasteiger partial charge in [0.05, 0.1) is 26.9 Å². The van der Waals surface area contributed by atoms with E-state index in [1.54, 1.807) is 0 Å². The van der Waals surface area contributed by atoms with Gasteiger partial charge in [-0.2, -0.15) is 0 Å². The van der Waals surface area contributed by atoms with E-state index in [-0.39, 0.29) is 5.56 Å². The van der Waals surface area contributed by atoms with Gasteiger partial charge in [0, 0.05) is 16.5 Å². The molecule has 0 aliphatic carbocycles. The lowest BCUT2D eigenvalue weighted by Crippen LogP contribution is -2.12. The summed E-state index contributed by atoms with van der Waals surface area (Å²) in [5.41, 5.74) is -0.0472. The van der Waals surface area contributed by atoms with Crippen LogP contribution >= 0.6 is 0 Å². The number of non-ortho nitro benzene ring substituents is 1.